The number of anilines is 2. The number of hydrogen-bond donors (Lipinski definition) is 1. The molecule has 186 valence electrons. The van der Waals surface area contributed by atoms with Crippen LogP contribution in [-0.4, -0.2) is 4.57 Å². The van der Waals surface area contributed by atoms with Gasteiger partial charge in [0.05, 0.1) is 17.9 Å². The maximum absolute atomic E-state index is 6.22. The summed E-state index contributed by atoms with van der Waals surface area (Å²) < 4.78 is 2.17. The Morgan fingerprint density at radius 1 is 0.846 bits per heavy atom. The Morgan fingerprint density at radius 3 is 2.46 bits per heavy atom. The summed E-state index contributed by atoms with van der Waals surface area (Å²) in [6.45, 7) is 4.67. The Morgan fingerprint density at radius 2 is 1.69 bits per heavy atom. The van der Waals surface area contributed by atoms with Crippen LogP contribution in [0.25, 0.3) is 17.0 Å². The largest absolute Gasteiger partial charge is 0.314 e. The number of benzene rings is 2. The Labute approximate surface area is 228 Å². The highest BCUT2D eigenvalue weighted by atomic mass is 15.3. The first-order valence-corrected chi connectivity index (χ1v) is 12.9. The van der Waals surface area contributed by atoms with Gasteiger partial charge in [-0.05, 0) is 65.3 Å². The van der Waals surface area contributed by atoms with Gasteiger partial charge in [-0.25, -0.2) is 0 Å². The summed E-state index contributed by atoms with van der Waals surface area (Å²) in [5.74, 6) is 1.06. The molecule has 3 aromatic rings. The number of nitrogens with zero attached hydrogens (tertiary/aromatic N) is 2. The van der Waals surface area contributed by atoms with Gasteiger partial charge < -0.3 is 10.3 Å². The third-order valence-electron chi connectivity index (χ3n) is 6.93. The molecule has 1 aliphatic heterocycles. The Balaban J connectivity index is 0.000000193. The van der Waals surface area contributed by atoms with Crippen molar-refractivity contribution in [3.8, 4) is 0 Å². The molecule has 3 aliphatic carbocycles. The highest BCUT2D eigenvalue weighted by Gasteiger charge is 2.27. The molecule has 0 unspecified atom stereocenters. The van der Waals surface area contributed by atoms with E-state index in [1.165, 1.54) is 16.5 Å². The fourth-order valence-corrected chi connectivity index (χ4v) is 5.12. The molecule has 3 heteroatoms. The van der Waals surface area contributed by atoms with Crippen molar-refractivity contribution >= 4 is 28.5 Å². The maximum atomic E-state index is 6.22. The van der Waals surface area contributed by atoms with Crippen LogP contribution in [0.15, 0.2) is 167 Å². The standard InChI is InChI=1S/C24H19N3.C12H8/c1-17-14-15-21-20-10-5-6-12-22(20)26(16-25)24(21)27(18-8-3-2-4-9-18)23-13-7-11-19(17)23;1-2-6-11(7-3-1)10-12-8-4-5-9-12/h2-6,8-15H,1,16,25H2;2,4-8H,10H2/b15-14-;. The van der Waals surface area contributed by atoms with Crippen LogP contribution in [0.4, 0.5) is 11.5 Å². The van der Waals surface area contributed by atoms with Crippen LogP contribution >= 0.6 is 0 Å². The summed E-state index contributed by atoms with van der Waals surface area (Å²) in [6.07, 6.45) is 21.1. The van der Waals surface area contributed by atoms with Gasteiger partial charge in [-0.15, -0.1) is 11.5 Å². The van der Waals surface area contributed by atoms with Crippen molar-refractivity contribution in [1.29, 1.82) is 0 Å². The van der Waals surface area contributed by atoms with E-state index in [2.05, 4.69) is 112 Å². The number of rotatable bonds is 4. The molecule has 0 bridgehead atoms. The quantitative estimate of drug-likeness (QED) is 0.367. The molecule has 0 saturated heterocycles. The number of aromatic nitrogens is 1. The fourth-order valence-electron chi connectivity index (χ4n) is 5.12. The molecular formula is C36H27N3. The van der Waals surface area contributed by atoms with E-state index in [-0.39, 0.29) is 0 Å². The molecule has 1 aromatic heterocycles. The lowest BCUT2D eigenvalue weighted by molar-refractivity contribution is 0.758. The Kier molecular flexibility index (Phi) is 6.59. The smallest absolute Gasteiger partial charge is 0.127 e. The SMILES string of the molecule is C1=C=CC(CC2=C=CC=C2)=CC=1.C=C1/C=C\c2c(n(CN)c3ccccc23)N(c2ccccc2)C2=C1C=C=C2. The predicted octanol–water partition coefficient (Wildman–Crippen LogP) is 8.09. The lowest BCUT2D eigenvalue weighted by Gasteiger charge is -2.29. The van der Waals surface area contributed by atoms with Gasteiger partial charge in [-0.2, -0.15) is 0 Å². The molecule has 0 atom stereocenters. The third-order valence-corrected chi connectivity index (χ3v) is 6.93. The molecule has 2 N–H and O–H groups in total. The average molecular weight is 502 g/mol. The zero-order valence-corrected chi connectivity index (χ0v) is 21.6. The second-order valence-corrected chi connectivity index (χ2v) is 9.36. The van der Waals surface area contributed by atoms with Gasteiger partial charge in [0.2, 0.25) is 0 Å². The normalized spacial score (nSPS) is 16.6. The van der Waals surface area contributed by atoms with Crippen LogP contribution in [-0.2, 0) is 6.67 Å². The second kappa shape index (κ2) is 10.6. The van der Waals surface area contributed by atoms with E-state index in [9.17, 15) is 0 Å². The Hall–Kier alpha value is -5.22. The number of hydrogen-bond acceptors (Lipinski definition) is 2. The van der Waals surface area contributed by atoms with Crippen molar-refractivity contribution in [2.24, 2.45) is 5.73 Å². The van der Waals surface area contributed by atoms with Crippen LogP contribution in [0.5, 0.6) is 0 Å². The first-order chi connectivity index (χ1) is 19.2. The van der Waals surface area contributed by atoms with Crippen molar-refractivity contribution in [3.05, 3.63) is 172 Å². The minimum absolute atomic E-state index is 0.397. The molecule has 4 aliphatic rings. The molecule has 0 spiro atoms. The molecule has 0 fully saturated rings. The fraction of sp³-hybridized carbons (Fsp3) is 0.0556. The van der Waals surface area contributed by atoms with E-state index in [0.717, 1.165) is 45.8 Å². The second-order valence-electron chi connectivity index (χ2n) is 9.36. The summed E-state index contributed by atoms with van der Waals surface area (Å²) in [5, 5.41) is 1.18. The van der Waals surface area contributed by atoms with Crippen molar-refractivity contribution in [2.75, 3.05) is 4.90 Å². The minimum atomic E-state index is 0.397. The van der Waals surface area contributed by atoms with Gasteiger partial charge in [0.1, 0.15) is 5.82 Å². The van der Waals surface area contributed by atoms with Crippen molar-refractivity contribution < 1.29 is 0 Å². The summed E-state index contributed by atoms with van der Waals surface area (Å²) in [5.41, 5.74) is 27.4. The molecule has 2 heterocycles. The lowest BCUT2D eigenvalue weighted by atomic mass is 10.0. The van der Waals surface area contributed by atoms with E-state index in [4.69, 9.17) is 5.73 Å². The predicted molar refractivity (Wildman–Crippen MR) is 162 cm³/mol. The van der Waals surface area contributed by atoms with Crippen LogP contribution in [0.2, 0.25) is 0 Å². The van der Waals surface area contributed by atoms with E-state index >= 15 is 0 Å². The van der Waals surface area contributed by atoms with Gasteiger partial charge in [0.15, 0.2) is 0 Å². The highest BCUT2D eigenvalue weighted by Crippen LogP contribution is 2.43. The van der Waals surface area contributed by atoms with Crippen LogP contribution in [0.1, 0.15) is 12.0 Å². The molecule has 7 rings (SSSR count). The topological polar surface area (TPSA) is 34.2 Å². The van der Waals surface area contributed by atoms with E-state index in [1.807, 2.05) is 42.5 Å². The monoisotopic (exact) mass is 501 g/mol. The summed E-state index contributed by atoms with van der Waals surface area (Å²) in [7, 11) is 0. The molecule has 39 heavy (non-hydrogen) atoms. The Bertz CT molecular complexity index is 1860. The number of nitrogens with two attached hydrogens (primary N) is 1. The molecular weight excluding hydrogens is 474 g/mol. The number of fused-ring (bicyclic) bond motifs is 3. The average Bonchev–Trinajstić information content (AvgIpc) is 3.73. The number of allylic oxidation sites excluding steroid dienone is 11. The van der Waals surface area contributed by atoms with Crippen molar-refractivity contribution in [3.63, 3.8) is 0 Å². The first-order valence-electron chi connectivity index (χ1n) is 12.9. The summed E-state index contributed by atoms with van der Waals surface area (Å²) in [6, 6.07) is 18.8. The van der Waals surface area contributed by atoms with Gasteiger partial charge in [-0.1, -0.05) is 78.7 Å². The summed E-state index contributed by atoms with van der Waals surface area (Å²) in [4.78, 5) is 2.27. The van der Waals surface area contributed by atoms with Crippen LogP contribution in [0, 0.1) is 0 Å². The first kappa shape index (κ1) is 24.1. The van der Waals surface area contributed by atoms with Crippen LogP contribution in [0.3, 0.4) is 0 Å². The van der Waals surface area contributed by atoms with E-state index in [0.29, 0.717) is 6.67 Å². The molecule has 0 saturated carbocycles. The summed E-state index contributed by atoms with van der Waals surface area (Å²) >= 11 is 0. The van der Waals surface area contributed by atoms with Gasteiger partial charge in [-0.3, -0.25) is 4.90 Å². The lowest BCUT2D eigenvalue weighted by Crippen LogP contribution is -2.22. The third kappa shape index (κ3) is 4.64. The van der Waals surface area contributed by atoms with E-state index in [1.54, 1.807) is 0 Å². The van der Waals surface area contributed by atoms with Gasteiger partial charge in [0, 0.05) is 34.7 Å². The van der Waals surface area contributed by atoms with Crippen LogP contribution < -0.4 is 10.6 Å². The minimum Gasteiger partial charge on any atom is -0.314 e. The van der Waals surface area contributed by atoms with Gasteiger partial charge >= 0.3 is 0 Å². The molecule has 0 radical (unpaired) electrons. The molecule has 2 aromatic carbocycles. The van der Waals surface area contributed by atoms with E-state index < -0.39 is 0 Å². The van der Waals surface area contributed by atoms with Crippen molar-refractivity contribution in [2.45, 2.75) is 13.1 Å². The molecule has 3 nitrogen and oxygen atoms in total. The zero-order chi connectivity index (χ0) is 26.6. The highest BCUT2D eigenvalue weighted by molar-refractivity contribution is 5.99. The number of para-hydroxylation sites is 2. The maximum Gasteiger partial charge on any atom is 0.127 e. The van der Waals surface area contributed by atoms with Crippen molar-refractivity contribution in [1.82, 2.24) is 4.57 Å². The molecule has 0 amide bonds. The zero-order valence-electron chi connectivity index (χ0n) is 21.6. The van der Waals surface area contributed by atoms with Gasteiger partial charge in [0.25, 0.3) is 0 Å².